The zero-order chi connectivity index (χ0) is 13.5. The molecule has 0 radical (unpaired) electrons. The van der Waals surface area contributed by atoms with Crippen molar-refractivity contribution < 1.29 is 0 Å². The van der Waals surface area contributed by atoms with E-state index in [-0.39, 0.29) is 5.54 Å². The summed E-state index contributed by atoms with van der Waals surface area (Å²) in [5, 5.41) is 0. The van der Waals surface area contributed by atoms with Crippen molar-refractivity contribution in [2.24, 2.45) is 0 Å². The Hall–Kier alpha value is -0.650. The number of halogens is 1. The highest BCUT2D eigenvalue weighted by atomic mass is 79.9. The van der Waals surface area contributed by atoms with Crippen LogP contribution in [-0.4, -0.2) is 34.1 Å². The van der Waals surface area contributed by atoms with E-state index in [4.69, 9.17) is 12.2 Å². The Kier molecular flexibility index (Phi) is 3.67. The van der Waals surface area contributed by atoms with Gasteiger partial charge in [0.2, 0.25) is 0 Å². The number of imidazole rings is 1. The lowest BCUT2D eigenvalue weighted by Crippen LogP contribution is -2.42. The molecule has 0 saturated carbocycles. The first-order valence-corrected chi connectivity index (χ1v) is 7.07. The number of hydrogen-bond acceptors (Lipinski definition) is 2. The molecule has 0 unspecified atom stereocenters. The molecule has 0 aliphatic rings. The molecule has 1 aromatic carbocycles. The summed E-state index contributed by atoms with van der Waals surface area (Å²) in [6.07, 6.45) is 0. The number of rotatable bonds is 3. The number of H-pyrrole nitrogens is 1. The quantitative estimate of drug-likeness (QED) is 0.867. The number of nitrogens with zero attached hydrogens (tertiary/aromatic N) is 2. The number of fused-ring (bicyclic) bond motifs is 1. The second kappa shape index (κ2) is 4.79. The normalized spacial score (nSPS) is 12.6. The summed E-state index contributed by atoms with van der Waals surface area (Å²) in [6, 6.07) is 6.18. The maximum atomic E-state index is 5.42. The second-order valence-electron chi connectivity index (χ2n) is 5.38. The van der Waals surface area contributed by atoms with Crippen molar-refractivity contribution in [1.82, 2.24) is 14.5 Å². The largest absolute Gasteiger partial charge is 0.331 e. The SMILES string of the molecule is CN(C)C(C)(C)Cn1c(=S)[nH]c2ccc(Br)cc21. The summed E-state index contributed by atoms with van der Waals surface area (Å²) in [7, 11) is 4.18. The fourth-order valence-corrected chi connectivity index (χ4v) is 2.43. The number of likely N-dealkylation sites (N-methyl/N-ethyl adjacent to an activating group) is 1. The highest BCUT2D eigenvalue weighted by molar-refractivity contribution is 9.10. The molecule has 0 fully saturated rings. The molecule has 0 bridgehead atoms. The molecule has 2 rings (SSSR count). The van der Waals surface area contributed by atoms with Gasteiger partial charge >= 0.3 is 0 Å². The van der Waals surface area contributed by atoms with Gasteiger partial charge in [-0.1, -0.05) is 15.9 Å². The van der Waals surface area contributed by atoms with Gasteiger partial charge in [-0.15, -0.1) is 0 Å². The van der Waals surface area contributed by atoms with Crippen molar-refractivity contribution in [2.75, 3.05) is 14.1 Å². The molecule has 0 amide bonds. The highest BCUT2D eigenvalue weighted by Crippen LogP contribution is 2.22. The van der Waals surface area contributed by atoms with E-state index in [2.05, 4.69) is 64.4 Å². The van der Waals surface area contributed by atoms with Gasteiger partial charge in [0, 0.05) is 16.6 Å². The fraction of sp³-hybridized carbons (Fsp3) is 0.462. The standard InChI is InChI=1S/C13H18BrN3S/c1-13(2,16(3)4)8-17-11-7-9(14)5-6-10(11)15-12(17)18/h5-7H,8H2,1-4H3,(H,15,18). The molecule has 2 aromatic rings. The molecule has 18 heavy (non-hydrogen) atoms. The van der Waals surface area contributed by atoms with E-state index in [0.717, 1.165) is 26.8 Å². The highest BCUT2D eigenvalue weighted by Gasteiger charge is 2.22. The van der Waals surface area contributed by atoms with E-state index in [9.17, 15) is 0 Å². The molecular weight excluding hydrogens is 310 g/mol. The van der Waals surface area contributed by atoms with E-state index in [1.807, 2.05) is 12.1 Å². The number of aromatic amines is 1. The van der Waals surface area contributed by atoms with Crippen LogP contribution < -0.4 is 0 Å². The Morgan fingerprint density at radius 2 is 2.06 bits per heavy atom. The van der Waals surface area contributed by atoms with Gasteiger partial charge in [-0.2, -0.15) is 0 Å². The van der Waals surface area contributed by atoms with Crippen LogP contribution in [0.25, 0.3) is 11.0 Å². The lowest BCUT2D eigenvalue weighted by atomic mass is 10.0. The van der Waals surface area contributed by atoms with Crippen molar-refractivity contribution in [1.29, 1.82) is 0 Å². The minimum absolute atomic E-state index is 0.0513. The van der Waals surface area contributed by atoms with Crippen LogP contribution in [0.15, 0.2) is 22.7 Å². The molecular formula is C13H18BrN3S. The molecule has 0 aliphatic carbocycles. The molecule has 98 valence electrons. The van der Waals surface area contributed by atoms with Crippen molar-refractivity contribution in [3.8, 4) is 0 Å². The summed E-state index contributed by atoms with van der Waals surface area (Å²) in [5.74, 6) is 0. The maximum Gasteiger partial charge on any atom is 0.178 e. The third kappa shape index (κ3) is 2.53. The minimum Gasteiger partial charge on any atom is -0.331 e. The lowest BCUT2D eigenvalue weighted by Gasteiger charge is -2.33. The van der Waals surface area contributed by atoms with Gasteiger partial charge in [0.15, 0.2) is 4.77 Å². The first kappa shape index (κ1) is 13.8. The van der Waals surface area contributed by atoms with Gasteiger partial charge in [-0.05, 0) is 58.4 Å². The summed E-state index contributed by atoms with van der Waals surface area (Å²) >= 11 is 8.94. The van der Waals surface area contributed by atoms with E-state index < -0.39 is 0 Å². The summed E-state index contributed by atoms with van der Waals surface area (Å²) in [6.45, 7) is 5.28. The van der Waals surface area contributed by atoms with E-state index in [1.54, 1.807) is 0 Å². The fourth-order valence-electron chi connectivity index (χ4n) is 1.81. The van der Waals surface area contributed by atoms with Crippen molar-refractivity contribution >= 4 is 39.2 Å². The number of hydrogen-bond donors (Lipinski definition) is 1. The van der Waals surface area contributed by atoms with Gasteiger partial charge in [0.05, 0.1) is 11.0 Å². The van der Waals surface area contributed by atoms with Crippen LogP contribution in [-0.2, 0) is 6.54 Å². The zero-order valence-corrected chi connectivity index (χ0v) is 13.5. The predicted octanol–water partition coefficient (Wildman–Crippen LogP) is 3.80. The number of aromatic nitrogens is 2. The molecule has 1 heterocycles. The van der Waals surface area contributed by atoms with Crippen LogP contribution in [0, 0.1) is 4.77 Å². The van der Waals surface area contributed by atoms with Crippen LogP contribution in [0.1, 0.15) is 13.8 Å². The van der Waals surface area contributed by atoms with Crippen molar-refractivity contribution in [3.05, 3.63) is 27.4 Å². The van der Waals surface area contributed by atoms with Gasteiger partial charge in [0.1, 0.15) is 0 Å². The maximum absolute atomic E-state index is 5.42. The van der Waals surface area contributed by atoms with Crippen LogP contribution >= 0.6 is 28.1 Å². The molecule has 1 aromatic heterocycles. The molecule has 5 heteroatoms. The topological polar surface area (TPSA) is 24.0 Å². The average Bonchev–Trinajstić information content (AvgIpc) is 2.55. The Morgan fingerprint density at radius 3 is 2.67 bits per heavy atom. The summed E-state index contributed by atoms with van der Waals surface area (Å²) in [4.78, 5) is 5.47. The van der Waals surface area contributed by atoms with Gasteiger partial charge in [-0.25, -0.2) is 0 Å². The zero-order valence-electron chi connectivity index (χ0n) is 11.1. The molecule has 3 nitrogen and oxygen atoms in total. The molecule has 0 atom stereocenters. The lowest BCUT2D eigenvalue weighted by molar-refractivity contribution is 0.170. The Morgan fingerprint density at radius 1 is 1.39 bits per heavy atom. The van der Waals surface area contributed by atoms with Crippen LogP contribution in [0.4, 0.5) is 0 Å². The molecule has 0 aliphatic heterocycles. The Labute approximate surface area is 121 Å². The Balaban J connectivity index is 2.54. The third-order valence-electron chi connectivity index (χ3n) is 3.49. The predicted molar refractivity (Wildman–Crippen MR) is 82.6 cm³/mol. The van der Waals surface area contributed by atoms with Gasteiger partial charge in [-0.3, -0.25) is 0 Å². The minimum atomic E-state index is 0.0513. The summed E-state index contributed by atoms with van der Waals surface area (Å²) in [5.41, 5.74) is 2.28. The number of benzene rings is 1. The number of nitrogens with one attached hydrogen (secondary N) is 1. The molecule has 0 spiro atoms. The van der Waals surface area contributed by atoms with Crippen LogP contribution in [0.5, 0.6) is 0 Å². The first-order valence-electron chi connectivity index (χ1n) is 5.87. The second-order valence-corrected chi connectivity index (χ2v) is 6.69. The average molecular weight is 328 g/mol. The monoisotopic (exact) mass is 327 g/mol. The Bertz CT molecular complexity index is 625. The van der Waals surface area contributed by atoms with Crippen LogP contribution in [0.3, 0.4) is 0 Å². The van der Waals surface area contributed by atoms with Gasteiger partial charge in [0.25, 0.3) is 0 Å². The molecule has 0 saturated heterocycles. The molecule has 1 N–H and O–H groups in total. The van der Waals surface area contributed by atoms with E-state index in [1.165, 1.54) is 0 Å². The van der Waals surface area contributed by atoms with Crippen LogP contribution in [0.2, 0.25) is 0 Å². The van der Waals surface area contributed by atoms with Crippen molar-refractivity contribution in [3.63, 3.8) is 0 Å². The summed E-state index contributed by atoms with van der Waals surface area (Å²) < 4.78 is 4.01. The smallest absolute Gasteiger partial charge is 0.178 e. The van der Waals surface area contributed by atoms with Gasteiger partial charge < -0.3 is 14.5 Å². The first-order chi connectivity index (χ1) is 8.31. The van der Waals surface area contributed by atoms with E-state index in [0.29, 0.717) is 0 Å². The van der Waals surface area contributed by atoms with E-state index >= 15 is 0 Å². The van der Waals surface area contributed by atoms with Crippen molar-refractivity contribution in [2.45, 2.75) is 25.9 Å². The third-order valence-corrected chi connectivity index (χ3v) is 4.31.